The van der Waals surface area contributed by atoms with Gasteiger partial charge < -0.3 is 15.4 Å². The predicted molar refractivity (Wildman–Crippen MR) is 68.1 cm³/mol. The van der Waals surface area contributed by atoms with Crippen molar-refractivity contribution in [1.29, 1.82) is 0 Å². The van der Waals surface area contributed by atoms with Crippen LogP contribution in [0.3, 0.4) is 0 Å². The molecular formula is C13H18N2O3. The number of nitrogens with two attached hydrogens (primary N) is 1. The van der Waals surface area contributed by atoms with Gasteiger partial charge in [-0.1, -0.05) is 18.2 Å². The Morgan fingerprint density at radius 2 is 2.00 bits per heavy atom. The molecule has 0 aliphatic rings. The van der Waals surface area contributed by atoms with Crippen LogP contribution in [0.15, 0.2) is 24.3 Å². The van der Waals surface area contributed by atoms with Crippen LogP contribution in [0.25, 0.3) is 0 Å². The molecule has 0 radical (unpaired) electrons. The monoisotopic (exact) mass is 250 g/mol. The molecule has 0 heterocycles. The van der Waals surface area contributed by atoms with E-state index in [0.717, 1.165) is 5.56 Å². The average molecular weight is 250 g/mol. The first kappa shape index (κ1) is 14.0. The Kier molecular flexibility index (Phi) is 5.17. The lowest BCUT2D eigenvalue weighted by atomic mass is 10.1. The molecule has 0 aromatic heterocycles. The lowest BCUT2D eigenvalue weighted by molar-refractivity contribution is -0.129. The molecule has 0 atom stereocenters. The first-order valence-corrected chi connectivity index (χ1v) is 5.68. The summed E-state index contributed by atoms with van der Waals surface area (Å²) in [5, 5.41) is 0. The predicted octanol–water partition coefficient (Wildman–Crippen LogP) is 0.572. The van der Waals surface area contributed by atoms with Crippen molar-refractivity contribution in [3.05, 3.63) is 29.8 Å². The molecule has 0 spiro atoms. The van der Waals surface area contributed by atoms with Crippen LogP contribution in [0.5, 0.6) is 5.75 Å². The van der Waals surface area contributed by atoms with Crippen LogP contribution < -0.4 is 10.5 Å². The van der Waals surface area contributed by atoms with E-state index in [-0.39, 0.29) is 18.7 Å². The third-order valence-corrected chi connectivity index (χ3v) is 2.65. The highest BCUT2D eigenvalue weighted by molar-refractivity contribution is 5.80. The van der Waals surface area contributed by atoms with Gasteiger partial charge >= 0.3 is 0 Å². The molecule has 0 aliphatic carbocycles. The largest absolute Gasteiger partial charge is 0.496 e. The molecular weight excluding hydrogens is 232 g/mol. The fraction of sp³-hybridized carbons (Fsp3) is 0.385. The zero-order chi connectivity index (χ0) is 13.5. The van der Waals surface area contributed by atoms with Crippen LogP contribution in [0.4, 0.5) is 0 Å². The standard InChI is InChI=1S/C13H18N2O3/c1-15(8-7-12(14)16)13(17)9-10-5-3-4-6-11(10)18-2/h3-6H,7-9H2,1-2H3,(H2,14,16). The highest BCUT2D eigenvalue weighted by Gasteiger charge is 2.12. The normalized spacial score (nSPS) is 9.89. The van der Waals surface area contributed by atoms with Gasteiger partial charge in [0.05, 0.1) is 13.5 Å². The number of carbonyl (C=O) groups is 2. The highest BCUT2D eigenvalue weighted by Crippen LogP contribution is 2.18. The fourth-order valence-corrected chi connectivity index (χ4v) is 1.55. The second-order valence-corrected chi connectivity index (χ2v) is 4.02. The minimum atomic E-state index is -0.410. The number of likely N-dealkylation sites (N-methyl/N-ethyl adjacent to an activating group) is 1. The van der Waals surface area contributed by atoms with Gasteiger partial charge in [-0.2, -0.15) is 0 Å². The van der Waals surface area contributed by atoms with Gasteiger partial charge in [0.25, 0.3) is 0 Å². The SMILES string of the molecule is COc1ccccc1CC(=O)N(C)CCC(N)=O. The van der Waals surface area contributed by atoms with Gasteiger partial charge in [0, 0.05) is 25.6 Å². The van der Waals surface area contributed by atoms with Gasteiger partial charge in [0.2, 0.25) is 11.8 Å². The summed E-state index contributed by atoms with van der Waals surface area (Å²) in [4.78, 5) is 24.1. The van der Waals surface area contributed by atoms with Crippen LogP contribution in [-0.4, -0.2) is 37.4 Å². The highest BCUT2D eigenvalue weighted by atomic mass is 16.5. The Balaban J connectivity index is 2.60. The number of methoxy groups -OCH3 is 1. The van der Waals surface area contributed by atoms with E-state index in [4.69, 9.17) is 10.5 Å². The van der Waals surface area contributed by atoms with E-state index < -0.39 is 5.91 Å². The molecule has 1 aromatic carbocycles. The third kappa shape index (κ3) is 4.08. The summed E-state index contributed by atoms with van der Waals surface area (Å²) in [6.07, 6.45) is 0.424. The Bertz CT molecular complexity index is 432. The summed E-state index contributed by atoms with van der Waals surface area (Å²) in [5.41, 5.74) is 5.87. The van der Waals surface area contributed by atoms with Crippen LogP contribution in [0, 0.1) is 0 Å². The molecule has 0 saturated heterocycles. The van der Waals surface area contributed by atoms with Gasteiger partial charge in [-0.3, -0.25) is 9.59 Å². The van der Waals surface area contributed by atoms with Crippen molar-refractivity contribution in [2.75, 3.05) is 20.7 Å². The number of nitrogens with zero attached hydrogens (tertiary/aromatic N) is 1. The molecule has 98 valence electrons. The molecule has 0 saturated carbocycles. The minimum Gasteiger partial charge on any atom is -0.496 e. The number of amides is 2. The maximum atomic E-state index is 11.9. The van der Waals surface area contributed by atoms with E-state index in [2.05, 4.69) is 0 Å². The van der Waals surface area contributed by atoms with E-state index in [1.54, 1.807) is 14.2 Å². The van der Waals surface area contributed by atoms with Crippen molar-refractivity contribution >= 4 is 11.8 Å². The Labute approximate surface area is 107 Å². The zero-order valence-electron chi connectivity index (χ0n) is 10.7. The van der Waals surface area contributed by atoms with Crippen molar-refractivity contribution < 1.29 is 14.3 Å². The topological polar surface area (TPSA) is 72.6 Å². The fourth-order valence-electron chi connectivity index (χ4n) is 1.55. The molecule has 1 rings (SSSR count). The molecule has 0 aliphatic heterocycles. The second kappa shape index (κ2) is 6.64. The molecule has 0 unspecified atom stereocenters. The Morgan fingerprint density at radius 3 is 2.61 bits per heavy atom. The second-order valence-electron chi connectivity index (χ2n) is 4.02. The molecule has 5 nitrogen and oxygen atoms in total. The van der Waals surface area contributed by atoms with Crippen molar-refractivity contribution in [3.8, 4) is 5.75 Å². The van der Waals surface area contributed by atoms with Crippen molar-refractivity contribution in [2.24, 2.45) is 5.73 Å². The number of para-hydroxylation sites is 1. The number of ether oxygens (including phenoxy) is 1. The summed E-state index contributed by atoms with van der Waals surface area (Å²) in [6, 6.07) is 7.36. The van der Waals surface area contributed by atoms with Crippen LogP contribution >= 0.6 is 0 Å². The van der Waals surface area contributed by atoms with Crippen molar-refractivity contribution in [3.63, 3.8) is 0 Å². The maximum absolute atomic E-state index is 11.9. The quantitative estimate of drug-likeness (QED) is 0.802. The summed E-state index contributed by atoms with van der Waals surface area (Å²) >= 11 is 0. The first-order chi connectivity index (χ1) is 8.54. The van der Waals surface area contributed by atoms with Gasteiger partial charge in [0.15, 0.2) is 0 Å². The summed E-state index contributed by atoms with van der Waals surface area (Å²) < 4.78 is 5.18. The number of carbonyl (C=O) groups excluding carboxylic acids is 2. The smallest absolute Gasteiger partial charge is 0.226 e. The van der Waals surface area contributed by atoms with Crippen molar-refractivity contribution in [1.82, 2.24) is 4.90 Å². The Hall–Kier alpha value is -2.04. The summed E-state index contributed by atoms with van der Waals surface area (Å²) in [5.74, 6) is 0.210. The molecule has 5 heteroatoms. The van der Waals surface area contributed by atoms with Gasteiger partial charge in [-0.15, -0.1) is 0 Å². The molecule has 2 N–H and O–H groups in total. The summed E-state index contributed by atoms with van der Waals surface area (Å²) in [7, 11) is 3.22. The lowest BCUT2D eigenvalue weighted by Crippen LogP contribution is -2.31. The number of benzene rings is 1. The maximum Gasteiger partial charge on any atom is 0.226 e. The van der Waals surface area contributed by atoms with Crippen LogP contribution in [0.2, 0.25) is 0 Å². The minimum absolute atomic E-state index is 0.0687. The van der Waals surface area contributed by atoms with E-state index in [1.807, 2.05) is 24.3 Å². The zero-order valence-corrected chi connectivity index (χ0v) is 10.7. The summed E-state index contributed by atoms with van der Waals surface area (Å²) in [6.45, 7) is 0.337. The number of hydrogen-bond donors (Lipinski definition) is 1. The lowest BCUT2D eigenvalue weighted by Gasteiger charge is -2.17. The number of hydrogen-bond acceptors (Lipinski definition) is 3. The van der Waals surface area contributed by atoms with Crippen molar-refractivity contribution in [2.45, 2.75) is 12.8 Å². The average Bonchev–Trinajstić information content (AvgIpc) is 2.36. The molecule has 0 fully saturated rings. The van der Waals surface area contributed by atoms with E-state index in [9.17, 15) is 9.59 Å². The first-order valence-electron chi connectivity index (χ1n) is 5.68. The molecule has 18 heavy (non-hydrogen) atoms. The van der Waals surface area contributed by atoms with Gasteiger partial charge in [-0.05, 0) is 6.07 Å². The number of primary amides is 1. The molecule has 0 bridgehead atoms. The number of rotatable bonds is 6. The molecule has 1 aromatic rings. The van der Waals surface area contributed by atoms with E-state index in [0.29, 0.717) is 12.3 Å². The van der Waals surface area contributed by atoms with E-state index >= 15 is 0 Å². The Morgan fingerprint density at radius 1 is 1.33 bits per heavy atom. The van der Waals surface area contributed by atoms with Crippen LogP contribution in [0.1, 0.15) is 12.0 Å². The van der Waals surface area contributed by atoms with Crippen LogP contribution in [-0.2, 0) is 16.0 Å². The molecule has 2 amide bonds. The van der Waals surface area contributed by atoms with Gasteiger partial charge in [-0.25, -0.2) is 0 Å². The third-order valence-electron chi connectivity index (χ3n) is 2.65. The van der Waals surface area contributed by atoms with Gasteiger partial charge in [0.1, 0.15) is 5.75 Å². The van der Waals surface area contributed by atoms with E-state index in [1.165, 1.54) is 4.90 Å².